The van der Waals surface area contributed by atoms with Gasteiger partial charge in [-0.05, 0) is 26.3 Å². The lowest BCUT2D eigenvalue weighted by Gasteiger charge is -2.15. The Bertz CT molecular complexity index is 542. The standard InChI is InChI=1S/C13H23N5O2S/c1-3-6-14-13-15-9-12(10-16-13)21(19,20)17-7-8-18(2)11-4-5-11/h9-11,17H,3-8H2,1-2H3,(H,14,15,16). The van der Waals surface area contributed by atoms with Crippen molar-refractivity contribution in [3.63, 3.8) is 0 Å². The summed E-state index contributed by atoms with van der Waals surface area (Å²) >= 11 is 0. The van der Waals surface area contributed by atoms with E-state index < -0.39 is 10.0 Å². The first-order valence-electron chi connectivity index (χ1n) is 7.28. The van der Waals surface area contributed by atoms with Crippen LogP contribution in [0.15, 0.2) is 17.3 Å². The summed E-state index contributed by atoms with van der Waals surface area (Å²) in [5.41, 5.74) is 0. The van der Waals surface area contributed by atoms with E-state index in [1.807, 2.05) is 14.0 Å². The van der Waals surface area contributed by atoms with Gasteiger partial charge in [0, 0.05) is 25.7 Å². The fourth-order valence-electron chi connectivity index (χ4n) is 1.92. The van der Waals surface area contributed by atoms with E-state index in [1.165, 1.54) is 25.2 Å². The van der Waals surface area contributed by atoms with Crippen molar-refractivity contribution in [3.05, 3.63) is 12.4 Å². The van der Waals surface area contributed by atoms with E-state index >= 15 is 0 Å². The van der Waals surface area contributed by atoms with Crippen molar-refractivity contribution in [1.82, 2.24) is 19.6 Å². The van der Waals surface area contributed by atoms with Crippen LogP contribution in [0.2, 0.25) is 0 Å². The van der Waals surface area contributed by atoms with Crippen LogP contribution >= 0.6 is 0 Å². The summed E-state index contributed by atoms with van der Waals surface area (Å²) in [5, 5.41) is 3.01. The molecule has 0 atom stereocenters. The number of rotatable bonds is 9. The summed E-state index contributed by atoms with van der Waals surface area (Å²) in [6, 6.07) is 0.627. The molecule has 0 amide bonds. The molecular weight excluding hydrogens is 290 g/mol. The first kappa shape index (κ1) is 16.1. The summed E-state index contributed by atoms with van der Waals surface area (Å²) in [6.45, 7) is 3.90. The number of hydrogen-bond acceptors (Lipinski definition) is 6. The third-order valence-corrected chi connectivity index (χ3v) is 4.81. The summed E-state index contributed by atoms with van der Waals surface area (Å²) in [7, 11) is -1.51. The predicted molar refractivity (Wildman–Crippen MR) is 81.7 cm³/mol. The fraction of sp³-hybridized carbons (Fsp3) is 0.692. The molecule has 118 valence electrons. The molecule has 1 aromatic rings. The van der Waals surface area contributed by atoms with E-state index in [0.717, 1.165) is 13.0 Å². The van der Waals surface area contributed by atoms with Crippen molar-refractivity contribution in [2.45, 2.75) is 37.1 Å². The quantitative estimate of drug-likeness (QED) is 0.697. The van der Waals surface area contributed by atoms with Crippen LogP contribution in [0.25, 0.3) is 0 Å². The van der Waals surface area contributed by atoms with Crippen molar-refractivity contribution in [2.75, 3.05) is 32.0 Å². The molecule has 0 unspecified atom stereocenters. The van der Waals surface area contributed by atoms with Gasteiger partial charge < -0.3 is 10.2 Å². The van der Waals surface area contributed by atoms with Crippen molar-refractivity contribution in [3.8, 4) is 0 Å². The molecule has 1 fully saturated rings. The molecule has 2 N–H and O–H groups in total. The number of sulfonamides is 1. The van der Waals surface area contributed by atoms with Crippen molar-refractivity contribution < 1.29 is 8.42 Å². The molecule has 1 aliphatic rings. The highest BCUT2D eigenvalue weighted by Gasteiger charge is 2.26. The van der Waals surface area contributed by atoms with E-state index in [-0.39, 0.29) is 4.90 Å². The van der Waals surface area contributed by atoms with Crippen LogP contribution < -0.4 is 10.0 Å². The highest BCUT2D eigenvalue weighted by Crippen LogP contribution is 2.24. The molecule has 0 saturated heterocycles. The van der Waals surface area contributed by atoms with E-state index in [0.29, 0.717) is 25.1 Å². The summed E-state index contributed by atoms with van der Waals surface area (Å²) in [4.78, 5) is 10.3. The Morgan fingerprint density at radius 2 is 1.95 bits per heavy atom. The van der Waals surface area contributed by atoms with Gasteiger partial charge in [0.1, 0.15) is 4.90 Å². The van der Waals surface area contributed by atoms with Gasteiger partial charge in [0.25, 0.3) is 0 Å². The van der Waals surface area contributed by atoms with Crippen LogP contribution in [0, 0.1) is 0 Å². The van der Waals surface area contributed by atoms with Crippen LogP contribution in [0.4, 0.5) is 5.95 Å². The smallest absolute Gasteiger partial charge is 0.243 e. The summed E-state index contributed by atoms with van der Waals surface area (Å²) in [5.74, 6) is 0.448. The fourth-order valence-corrected chi connectivity index (χ4v) is 2.83. The predicted octanol–water partition coefficient (Wildman–Crippen LogP) is 0.671. The third kappa shape index (κ3) is 4.90. The molecule has 21 heavy (non-hydrogen) atoms. The molecule has 1 aliphatic carbocycles. The topological polar surface area (TPSA) is 87.2 Å². The van der Waals surface area contributed by atoms with Crippen LogP contribution in [-0.2, 0) is 10.0 Å². The van der Waals surface area contributed by atoms with Gasteiger partial charge in [0.2, 0.25) is 16.0 Å². The maximum absolute atomic E-state index is 12.1. The lowest BCUT2D eigenvalue weighted by molar-refractivity contribution is 0.329. The van der Waals surface area contributed by atoms with Crippen LogP contribution in [-0.4, -0.2) is 56.0 Å². The van der Waals surface area contributed by atoms with Gasteiger partial charge in [0.15, 0.2) is 0 Å². The first-order valence-corrected chi connectivity index (χ1v) is 8.77. The maximum atomic E-state index is 12.1. The highest BCUT2D eigenvalue weighted by atomic mass is 32.2. The zero-order chi connectivity index (χ0) is 15.3. The van der Waals surface area contributed by atoms with Crippen molar-refractivity contribution in [2.24, 2.45) is 0 Å². The minimum Gasteiger partial charge on any atom is -0.354 e. The van der Waals surface area contributed by atoms with Gasteiger partial charge in [-0.25, -0.2) is 23.1 Å². The van der Waals surface area contributed by atoms with Gasteiger partial charge >= 0.3 is 0 Å². The van der Waals surface area contributed by atoms with Crippen molar-refractivity contribution >= 4 is 16.0 Å². The Labute approximate surface area is 126 Å². The maximum Gasteiger partial charge on any atom is 0.243 e. The Morgan fingerprint density at radius 1 is 1.29 bits per heavy atom. The molecule has 1 heterocycles. The second-order valence-corrected chi connectivity index (χ2v) is 7.05. The molecule has 1 aromatic heterocycles. The second kappa shape index (κ2) is 7.15. The van der Waals surface area contributed by atoms with E-state index in [2.05, 4.69) is 24.9 Å². The lowest BCUT2D eigenvalue weighted by Crippen LogP contribution is -2.34. The largest absolute Gasteiger partial charge is 0.354 e. The van der Waals surface area contributed by atoms with Gasteiger partial charge in [-0.2, -0.15) is 0 Å². The Balaban J connectivity index is 1.85. The van der Waals surface area contributed by atoms with Crippen LogP contribution in [0.1, 0.15) is 26.2 Å². The van der Waals surface area contributed by atoms with Gasteiger partial charge in [0.05, 0.1) is 12.4 Å². The third-order valence-electron chi connectivity index (χ3n) is 3.40. The summed E-state index contributed by atoms with van der Waals surface area (Å²) in [6.07, 6.45) is 6.04. The molecule has 0 radical (unpaired) electrons. The van der Waals surface area contributed by atoms with Crippen LogP contribution in [0.3, 0.4) is 0 Å². The molecule has 0 aromatic carbocycles. The Kier molecular flexibility index (Phi) is 5.49. The number of nitrogens with one attached hydrogen (secondary N) is 2. The number of aromatic nitrogens is 2. The molecule has 0 aliphatic heterocycles. The van der Waals surface area contributed by atoms with E-state index in [1.54, 1.807) is 0 Å². The number of nitrogens with zero attached hydrogens (tertiary/aromatic N) is 3. The van der Waals surface area contributed by atoms with E-state index in [4.69, 9.17) is 0 Å². The molecule has 2 rings (SSSR count). The molecule has 1 saturated carbocycles. The van der Waals surface area contributed by atoms with Gasteiger partial charge in [-0.15, -0.1) is 0 Å². The van der Waals surface area contributed by atoms with Crippen molar-refractivity contribution in [1.29, 1.82) is 0 Å². The molecule has 7 nitrogen and oxygen atoms in total. The normalized spacial score (nSPS) is 15.4. The molecule has 0 bridgehead atoms. The number of anilines is 1. The minimum atomic E-state index is -3.53. The first-order chi connectivity index (χ1) is 10.0. The zero-order valence-electron chi connectivity index (χ0n) is 12.5. The molecule has 0 spiro atoms. The highest BCUT2D eigenvalue weighted by molar-refractivity contribution is 7.89. The zero-order valence-corrected chi connectivity index (χ0v) is 13.4. The molecule has 8 heteroatoms. The SMILES string of the molecule is CCCNc1ncc(S(=O)(=O)NCCN(C)C2CC2)cn1. The number of hydrogen-bond donors (Lipinski definition) is 2. The second-order valence-electron chi connectivity index (χ2n) is 5.28. The summed E-state index contributed by atoms with van der Waals surface area (Å²) < 4.78 is 26.8. The monoisotopic (exact) mass is 313 g/mol. The average molecular weight is 313 g/mol. The Morgan fingerprint density at radius 3 is 2.52 bits per heavy atom. The average Bonchev–Trinajstić information content (AvgIpc) is 3.30. The van der Waals surface area contributed by atoms with Crippen LogP contribution in [0.5, 0.6) is 0 Å². The Hall–Kier alpha value is -1.25. The van der Waals surface area contributed by atoms with Gasteiger partial charge in [-0.1, -0.05) is 6.92 Å². The number of likely N-dealkylation sites (N-methyl/N-ethyl adjacent to an activating group) is 1. The van der Waals surface area contributed by atoms with Gasteiger partial charge in [-0.3, -0.25) is 0 Å². The lowest BCUT2D eigenvalue weighted by atomic mass is 10.5. The minimum absolute atomic E-state index is 0.0959. The molecular formula is C13H23N5O2S. The van der Waals surface area contributed by atoms with E-state index in [9.17, 15) is 8.42 Å².